The summed E-state index contributed by atoms with van der Waals surface area (Å²) in [5.41, 5.74) is -10.1. The van der Waals surface area contributed by atoms with Gasteiger partial charge < -0.3 is 54.5 Å². The maximum Gasteiger partial charge on any atom is 0.341 e. The van der Waals surface area contributed by atoms with Gasteiger partial charge in [0.1, 0.15) is 35.4 Å². The van der Waals surface area contributed by atoms with Crippen LogP contribution >= 0.6 is 0 Å². The third-order valence-electron chi connectivity index (χ3n) is 10.2. The van der Waals surface area contributed by atoms with Crippen molar-refractivity contribution in [3.05, 3.63) is 68.4 Å². The third kappa shape index (κ3) is 4.40. The molecular weight excluding hydrogens is 662 g/mol. The van der Waals surface area contributed by atoms with Crippen LogP contribution in [0.3, 0.4) is 0 Å². The maximum absolute atomic E-state index is 14.6. The van der Waals surface area contributed by atoms with Crippen molar-refractivity contribution >= 4 is 29.1 Å². The monoisotopic (exact) mass is 697 g/mol. The molecule has 1 heterocycles. The van der Waals surface area contributed by atoms with Crippen LogP contribution in [0, 0.1) is 6.92 Å². The lowest BCUT2D eigenvalue weighted by atomic mass is 9.56. The predicted molar refractivity (Wildman–Crippen MR) is 166 cm³/mol. The highest BCUT2D eigenvalue weighted by atomic mass is 16.6. The summed E-state index contributed by atoms with van der Waals surface area (Å²) in [5.74, 6) is -7.67. The molecule has 0 bridgehead atoms. The summed E-state index contributed by atoms with van der Waals surface area (Å²) >= 11 is 0. The number of fused-ring (bicyclic) bond motifs is 5. The van der Waals surface area contributed by atoms with Gasteiger partial charge in [-0.25, -0.2) is 4.79 Å². The largest absolute Gasteiger partial charge is 0.507 e. The molecule has 3 aliphatic carbocycles. The normalized spacial score (nSPS) is 31.7. The second kappa shape index (κ2) is 12.1. The number of rotatable bonds is 6. The zero-order valence-corrected chi connectivity index (χ0v) is 27.7. The van der Waals surface area contributed by atoms with Crippen molar-refractivity contribution in [2.75, 3.05) is 28.4 Å². The van der Waals surface area contributed by atoms with Gasteiger partial charge in [0.2, 0.25) is 17.3 Å². The quantitative estimate of drug-likeness (QED) is 0.213. The number of ether oxygens (including phenoxy) is 5. The van der Waals surface area contributed by atoms with Gasteiger partial charge >= 0.3 is 5.97 Å². The molecule has 16 nitrogen and oxygen atoms in total. The number of methoxy groups -OCH3 is 4. The molecule has 6 N–H and O–H groups in total. The molecule has 2 aromatic carbocycles. The standard InChI is InChI=1S/C34H35NO15/c1-11-7-13-8-18(37)34(49-6)30(43)21-15(29(42)33(34,45)22(13)25(40)19(11)32(44)48-5)9-14-20(24(21)39)17(36)10-16(23(14)38)35-31-28(47-4)26(41)27(46-3)12(2)50-31/h7,9-10,12,18,26-28,31,35,37,39-41,45H,8H2,1-6H3/t12-,18?,26+,27-,28+,31-,33-,34-/m0/s1. The lowest BCUT2D eigenvalue weighted by molar-refractivity contribution is -0.236. The number of aliphatic hydroxyl groups is 3. The van der Waals surface area contributed by atoms with E-state index in [0.29, 0.717) is 0 Å². The number of Topliss-reactive ketones (excluding diaryl/α,β-unsaturated/α-hetero) is 3. The Bertz CT molecular complexity index is 1920. The molecule has 16 heteroatoms. The summed E-state index contributed by atoms with van der Waals surface area (Å²) < 4.78 is 26.8. The first-order chi connectivity index (χ1) is 23.6. The molecule has 0 amide bonds. The topological polar surface area (TPSA) is 245 Å². The van der Waals surface area contributed by atoms with Gasteiger partial charge in [-0.15, -0.1) is 0 Å². The molecule has 0 aromatic heterocycles. The molecule has 0 radical (unpaired) electrons. The average molecular weight is 698 g/mol. The smallest absolute Gasteiger partial charge is 0.341 e. The van der Waals surface area contributed by atoms with Crippen LogP contribution in [0.15, 0.2) is 23.9 Å². The first kappa shape index (κ1) is 35.3. The van der Waals surface area contributed by atoms with Crippen LogP contribution in [0.25, 0.3) is 0 Å². The van der Waals surface area contributed by atoms with Gasteiger partial charge in [-0.3, -0.25) is 19.2 Å². The summed E-state index contributed by atoms with van der Waals surface area (Å²) in [6.45, 7) is 3.06. The Morgan fingerprint density at radius 1 is 0.940 bits per heavy atom. The number of ketones is 4. The number of phenols is 2. The second-order valence-corrected chi connectivity index (χ2v) is 12.6. The number of aryl methyl sites for hydroxylation is 1. The zero-order chi connectivity index (χ0) is 36.8. The molecule has 1 fully saturated rings. The highest BCUT2D eigenvalue weighted by Crippen LogP contribution is 2.56. The lowest BCUT2D eigenvalue weighted by Crippen LogP contribution is -2.73. The molecule has 1 saturated heterocycles. The van der Waals surface area contributed by atoms with E-state index >= 15 is 0 Å². The minimum atomic E-state index is -3.23. The van der Waals surface area contributed by atoms with E-state index in [2.05, 4.69) is 5.32 Å². The zero-order valence-electron chi connectivity index (χ0n) is 27.7. The highest BCUT2D eigenvalue weighted by molar-refractivity contribution is 6.31. The van der Waals surface area contributed by atoms with Crippen molar-refractivity contribution in [1.82, 2.24) is 5.32 Å². The number of hydrogen-bond donors (Lipinski definition) is 6. The Kier molecular flexibility index (Phi) is 8.50. The SMILES string of the molecule is COC(=O)c1c(C)cc2c(c1O)[C@]1(O)C(=O)c3cc4c(c(O)c3C(=O)[C@@]1(OC)C(O)C2)C(=O)C=C(N[C@H]1O[C@@H](C)[C@H](OC)[C@@H](O)[C@H]1OC)C4=O. The first-order valence-electron chi connectivity index (χ1n) is 15.4. The molecule has 50 heavy (non-hydrogen) atoms. The number of allylic oxidation sites excluding steroid dienone is 2. The molecule has 2 aromatic rings. The van der Waals surface area contributed by atoms with Gasteiger partial charge in [-0.1, -0.05) is 6.07 Å². The van der Waals surface area contributed by atoms with Gasteiger partial charge in [0.15, 0.2) is 23.2 Å². The average Bonchev–Trinajstić information content (AvgIpc) is 3.05. The molecule has 1 aliphatic heterocycles. The van der Waals surface area contributed by atoms with Crippen LogP contribution in [0.1, 0.15) is 75.4 Å². The summed E-state index contributed by atoms with van der Waals surface area (Å²) in [6.07, 6.45) is -6.55. The number of esters is 1. The number of phenolic OH excluding ortho intramolecular Hbond substituents is 2. The number of nitrogens with one attached hydrogen (secondary N) is 1. The predicted octanol–water partition coefficient (Wildman–Crippen LogP) is -0.250. The Morgan fingerprint density at radius 2 is 1.60 bits per heavy atom. The minimum Gasteiger partial charge on any atom is -0.507 e. The molecule has 4 aliphatic rings. The van der Waals surface area contributed by atoms with E-state index in [1.165, 1.54) is 27.2 Å². The van der Waals surface area contributed by atoms with E-state index in [1.807, 2.05) is 0 Å². The fourth-order valence-electron chi connectivity index (χ4n) is 7.85. The van der Waals surface area contributed by atoms with Gasteiger partial charge in [0.05, 0.1) is 36.1 Å². The maximum atomic E-state index is 14.6. The number of aromatic hydroxyl groups is 2. The van der Waals surface area contributed by atoms with Crippen LogP contribution < -0.4 is 5.32 Å². The summed E-state index contributed by atoms with van der Waals surface area (Å²) in [6, 6.07) is 2.18. The summed E-state index contributed by atoms with van der Waals surface area (Å²) in [7, 11) is 4.62. The van der Waals surface area contributed by atoms with Crippen LogP contribution in [0.5, 0.6) is 11.5 Å². The van der Waals surface area contributed by atoms with E-state index < -0.39 is 128 Å². The fraction of sp³-hybridized carbons (Fsp3) is 0.441. The van der Waals surface area contributed by atoms with Crippen molar-refractivity contribution in [1.29, 1.82) is 0 Å². The minimum absolute atomic E-state index is 0.00455. The highest BCUT2D eigenvalue weighted by Gasteiger charge is 2.72. The summed E-state index contributed by atoms with van der Waals surface area (Å²) in [5, 5.41) is 60.3. The van der Waals surface area contributed by atoms with E-state index in [4.69, 9.17) is 23.7 Å². The third-order valence-corrected chi connectivity index (χ3v) is 10.2. The van der Waals surface area contributed by atoms with Crippen molar-refractivity contribution < 1.29 is 73.2 Å². The van der Waals surface area contributed by atoms with E-state index in [9.17, 15) is 49.5 Å². The number of benzene rings is 2. The Hall–Kier alpha value is -4.55. The van der Waals surface area contributed by atoms with Crippen molar-refractivity contribution in [3.63, 3.8) is 0 Å². The first-order valence-corrected chi connectivity index (χ1v) is 15.4. The molecule has 8 atom stereocenters. The Labute approximate surface area is 284 Å². The Balaban J connectivity index is 1.51. The van der Waals surface area contributed by atoms with Crippen LogP contribution in [-0.4, -0.2) is 125 Å². The van der Waals surface area contributed by atoms with Crippen LogP contribution in [0.2, 0.25) is 0 Å². The molecule has 0 saturated carbocycles. The molecule has 6 rings (SSSR count). The number of hydrogen-bond acceptors (Lipinski definition) is 16. The second-order valence-electron chi connectivity index (χ2n) is 12.6. The van der Waals surface area contributed by atoms with Gasteiger partial charge in [-0.2, -0.15) is 0 Å². The fourth-order valence-corrected chi connectivity index (χ4v) is 7.85. The summed E-state index contributed by atoms with van der Waals surface area (Å²) in [4.78, 5) is 69.1. The Morgan fingerprint density at radius 3 is 2.20 bits per heavy atom. The van der Waals surface area contributed by atoms with Gasteiger partial charge in [-0.05, 0) is 31.0 Å². The van der Waals surface area contributed by atoms with E-state index in [1.54, 1.807) is 6.92 Å². The number of aliphatic hydroxyl groups excluding tert-OH is 2. The van der Waals surface area contributed by atoms with E-state index in [0.717, 1.165) is 26.4 Å². The number of carbonyl (C=O) groups is 5. The van der Waals surface area contributed by atoms with Gasteiger partial charge in [0, 0.05) is 50.5 Å². The number of carbonyl (C=O) groups excluding carboxylic acids is 5. The molecule has 266 valence electrons. The van der Waals surface area contributed by atoms with E-state index in [-0.39, 0.29) is 16.8 Å². The van der Waals surface area contributed by atoms with Crippen molar-refractivity contribution in [2.45, 2.75) is 68.2 Å². The van der Waals surface area contributed by atoms with Crippen molar-refractivity contribution in [3.8, 4) is 11.5 Å². The van der Waals surface area contributed by atoms with Crippen LogP contribution in [0.4, 0.5) is 0 Å². The van der Waals surface area contributed by atoms with Crippen molar-refractivity contribution in [2.24, 2.45) is 0 Å². The molecule has 1 unspecified atom stereocenters. The van der Waals surface area contributed by atoms with Gasteiger partial charge in [0.25, 0.3) is 0 Å². The molecule has 0 spiro atoms. The lowest BCUT2D eigenvalue weighted by Gasteiger charge is -2.52. The van der Waals surface area contributed by atoms with Crippen LogP contribution in [-0.2, 0) is 35.7 Å². The molecular formula is C34H35NO15.